The summed E-state index contributed by atoms with van der Waals surface area (Å²) in [5.74, 6) is 0. The molecule has 68 heavy (non-hydrogen) atoms. The van der Waals surface area contributed by atoms with Gasteiger partial charge in [-0.2, -0.15) is 31.6 Å². The van der Waals surface area contributed by atoms with Gasteiger partial charge >= 0.3 is 12.4 Å². The van der Waals surface area contributed by atoms with Crippen molar-refractivity contribution in [3.8, 4) is 62.0 Å². The van der Waals surface area contributed by atoms with Gasteiger partial charge < -0.3 is 9.13 Å². The summed E-state index contributed by atoms with van der Waals surface area (Å²) in [6, 6.07) is 58.9. The molecule has 0 spiro atoms. The Bertz CT molecular complexity index is 3880. The largest absolute Gasteiger partial charge is 0.417 e. The number of para-hydroxylation sites is 2. The number of hydrogen-bond acceptors (Lipinski definition) is 1. The third kappa shape index (κ3) is 6.99. The summed E-state index contributed by atoms with van der Waals surface area (Å²) >= 11 is 0. The maximum Gasteiger partial charge on any atom is 0.417 e. The van der Waals surface area contributed by atoms with Crippen molar-refractivity contribution >= 4 is 43.6 Å². The molecule has 9 heteroatoms. The van der Waals surface area contributed by atoms with Gasteiger partial charge in [0.15, 0.2) is 0 Å². The number of aryl methyl sites for hydroxylation is 2. The molecule has 330 valence electrons. The number of aromatic nitrogens is 2. The van der Waals surface area contributed by atoms with E-state index in [1.54, 1.807) is 30.3 Å². The Labute approximate surface area is 387 Å². The van der Waals surface area contributed by atoms with Gasteiger partial charge in [0.2, 0.25) is 0 Å². The van der Waals surface area contributed by atoms with Gasteiger partial charge in [-0.1, -0.05) is 115 Å². The Morgan fingerprint density at radius 3 is 1.41 bits per heavy atom. The number of alkyl halides is 6. The van der Waals surface area contributed by atoms with Crippen molar-refractivity contribution in [1.82, 2.24) is 9.13 Å². The van der Waals surface area contributed by atoms with E-state index in [4.69, 9.17) is 0 Å². The van der Waals surface area contributed by atoms with Crippen molar-refractivity contribution in [1.29, 1.82) is 5.26 Å². The second-order valence-corrected chi connectivity index (χ2v) is 17.1. The first-order valence-electron chi connectivity index (χ1n) is 21.9. The highest BCUT2D eigenvalue weighted by Gasteiger charge is 2.38. The molecule has 2 aromatic heterocycles. The molecule has 0 aliphatic rings. The number of rotatable bonds is 6. The fraction of sp³-hybridized carbons (Fsp3) is 0.0678. The van der Waals surface area contributed by atoms with E-state index in [2.05, 4.69) is 77.6 Å². The van der Waals surface area contributed by atoms with E-state index < -0.39 is 29.0 Å². The average molecular weight is 902 g/mol. The van der Waals surface area contributed by atoms with E-state index in [0.29, 0.717) is 34.1 Å². The van der Waals surface area contributed by atoms with Gasteiger partial charge in [-0.05, 0) is 131 Å². The Kier molecular flexibility index (Phi) is 9.90. The lowest BCUT2D eigenvalue weighted by molar-refractivity contribution is -0.142. The summed E-state index contributed by atoms with van der Waals surface area (Å²) in [5.41, 5.74) is 9.23. The molecule has 0 fully saturated rings. The number of hydrogen-bond donors (Lipinski definition) is 0. The molecule has 0 bridgehead atoms. The lowest BCUT2D eigenvalue weighted by Gasteiger charge is -2.21. The molecule has 0 radical (unpaired) electrons. The Morgan fingerprint density at radius 2 is 0.868 bits per heavy atom. The molecular weight excluding hydrogens is 865 g/mol. The van der Waals surface area contributed by atoms with Gasteiger partial charge in [0.05, 0.1) is 56.2 Å². The molecule has 0 amide bonds. The molecule has 0 N–H and O–H groups in total. The van der Waals surface area contributed by atoms with Gasteiger partial charge in [0.1, 0.15) is 0 Å². The minimum Gasteiger partial charge on any atom is -0.309 e. The Balaban J connectivity index is 1.23. The zero-order valence-electron chi connectivity index (χ0n) is 36.5. The van der Waals surface area contributed by atoms with E-state index >= 15 is 0 Å². The Hall–Kier alpha value is -8.35. The van der Waals surface area contributed by atoms with E-state index in [0.717, 1.165) is 83.1 Å². The first-order chi connectivity index (χ1) is 32.8. The van der Waals surface area contributed by atoms with Crippen LogP contribution < -0.4 is 0 Å². The SMILES string of the molecule is Cc1ccccc1-c1ccc2c(c1)c1ccccc1n2-c1ccc(-c2ccc(C(F)(F)F)cc2C(F)(F)F)cc1-c1ccc(C#N)cc1-n1c2ccccc2c2cc(-c3ccccc3C)ccc21. The summed E-state index contributed by atoms with van der Waals surface area (Å²) in [6.45, 7) is 4.13. The standard InChI is InChI=1S/C59H37F6N3/c1-35-11-3-5-13-42(35)38-20-26-54-48(30-38)45-15-7-9-17-52(45)67(54)55-28-22-40(44-25-23-41(58(60,61)62)33-51(44)59(63,64)65)32-50(55)47-24-19-37(34-66)29-57(47)68-53-18-10-8-16-46(53)49-31-39(21-27-56(49)68)43-14-6-4-12-36(43)2/h3-33H,1-2H3. The molecule has 9 aromatic carbocycles. The third-order valence-electron chi connectivity index (χ3n) is 13.1. The van der Waals surface area contributed by atoms with E-state index in [9.17, 15) is 31.6 Å². The molecule has 0 saturated carbocycles. The van der Waals surface area contributed by atoms with Crippen molar-refractivity contribution < 1.29 is 26.3 Å². The number of nitrogens with zero attached hydrogens (tertiary/aromatic N) is 3. The fourth-order valence-corrected chi connectivity index (χ4v) is 9.93. The fourth-order valence-electron chi connectivity index (χ4n) is 9.93. The topological polar surface area (TPSA) is 33.6 Å². The minimum atomic E-state index is -5.11. The first kappa shape index (κ1) is 42.3. The average Bonchev–Trinajstić information content (AvgIpc) is 3.85. The molecule has 0 aliphatic carbocycles. The van der Waals surface area contributed by atoms with Crippen LogP contribution in [0.4, 0.5) is 26.3 Å². The molecule has 0 aliphatic heterocycles. The van der Waals surface area contributed by atoms with Crippen LogP contribution in [0, 0.1) is 25.2 Å². The van der Waals surface area contributed by atoms with Crippen LogP contribution in [-0.2, 0) is 12.4 Å². The van der Waals surface area contributed by atoms with Gasteiger partial charge in [0.25, 0.3) is 0 Å². The first-order valence-corrected chi connectivity index (χ1v) is 21.9. The van der Waals surface area contributed by atoms with Crippen molar-refractivity contribution in [3.63, 3.8) is 0 Å². The summed E-state index contributed by atoms with van der Waals surface area (Å²) in [6.07, 6.45) is -10.1. The van der Waals surface area contributed by atoms with Crippen LogP contribution in [0.25, 0.3) is 99.5 Å². The molecular formula is C59H37F6N3. The predicted octanol–water partition coefficient (Wildman–Crippen LogP) is 17.1. The zero-order valence-corrected chi connectivity index (χ0v) is 36.5. The van der Waals surface area contributed by atoms with Crippen LogP contribution in [0.15, 0.2) is 188 Å². The molecule has 11 aromatic rings. The van der Waals surface area contributed by atoms with E-state index in [1.807, 2.05) is 84.9 Å². The molecule has 3 nitrogen and oxygen atoms in total. The van der Waals surface area contributed by atoms with Gasteiger partial charge in [0, 0.05) is 32.7 Å². The quantitative estimate of drug-likeness (QED) is 0.153. The van der Waals surface area contributed by atoms with E-state index in [-0.39, 0.29) is 11.6 Å². The summed E-state index contributed by atoms with van der Waals surface area (Å²) in [5, 5.41) is 14.2. The molecule has 0 saturated heterocycles. The highest BCUT2D eigenvalue weighted by Crippen LogP contribution is 2.46. The second-order valence-electron chi connectivity index (χ2n) is 17.1. The van der Waals surface area contributed by atoms with Crippen LogP contribution in [-0.4, -0.2) is 9.13 Å². The second kappa shape index (κ2) is 15.9. The lowest BCUT2D eigenvalue weighted by atomic mass is 9.92. The van der Waals surface area contributed by atoms with E-state index in [1.165, 1.54) is 6.07 Å². The minimum absolute atomic E-state index is 0.0628. The van der Waals surface area contributed by atoms with Crippen molar-refractivity contribution in [3.05, 3.63) is 216 Å². The molecule has 0 atom stereocenters. The zero-order chi connectivity index (χ0) is 47.1. The van der Waals surface area contributed by atoms with Crippen molar-refractivity contribution in [2.75, 3.05) is 0 Å². The van der Waals surface area contributed by atoms with Crippen LogP contribution in [0.3, 0.4) is 0 Å². The van der Waals surface area contributed by atoms with Gasteiger partial charge in [-0.25, -0.2) is 0 Å². The maximum atomic E-state index is 14.9. The van der Waals surface area contributed by atoms with Crippen LogP contribution in [0.2, 0.25) is 0 Å². The van der Waals surface area contributed by atoms with Crippen LogP contribution in [0.1, 0.15) is 27.8 Å². The molecule has 11 rings (SSSR count). The normalized spacial score (nSPS) is 12.1. The Morgan fingerprint density at radius 1 is 0.382 bits per heavy atom. The summed E-state index contributed by atoms with van der Waals surface area (Å²) in [7, 11) is 0. The number of fused-ring (bicyclic) bond motifs is 6. The maximum absolute atomic E-state index is 14.9. The monoisotopic (exact) mass is 901 g/mol. The van der Waals surface area contributed by atoms with Crippen LogP contribution >= 0.6 is 0 Å². The summed E-state index contributed by atoms with van der Waals surface area (Å²) in [4.78, 5) is 0. The number of nitriles is 1. The number of halogens is 6. The lowest BCUT2D eigenvalue weighted by Crippen LogP contribution is -2.12. The van der Waals surface area contributed by atoms with Crippen LogP contribution in [0.5, 0.6) is 0 Å². The highest BCUT2D eigenvalue weighted by molar-refractivity contribution is 6.13. The number of benzene rings is 9. The predicted molar refractivity (Wildman–Crippen MR) is 261 cm³/mol. The highest BCUT2D eigenvalue weighted by atomic mass is 19.4. The van der Waals surface area contributed by atoms with Gasteiger partial charge in [-0.3, -0.25) is 0 Å². The van der Waals surface area contributed by atoms with Crippen molar-refractivity contribution in [2.24, 2.45) is 0 Å². The smallest absolute Gasteiger partial charge is 0.309 e. The molecule has 0 unspecified atom stereocenters. The molecule has 2 heterocycles. The third-order valence-corrected chi connectivity index (χ3v) is 13.1. The van der Waals surface area contributed by atoms with Crippen molar-refractivity contribution in [2.45, 2.75) is 26.2 Å². The van der Waals surface area contributed by atoms with Gasteiger partial charge in [-0.15, -0.1) is 0 Å². The summed E-state index contributed by atoms with van der Waals surface area (Å²) < 4.78 is 90.9.